The van der Waals surface area contributed by atoms with Crippen molar-refractivity contribution >= 4 is 0 Å². The van der Waals surface area contributed by atoms with Gasteiger partial charge in [0.25, 0.3) is 5.56 Å². The Kier molecular flexibility index (Phi) is 2.57. The minimum absolute atomic E-state index is 0.0182. The Morgan fingerprint density at radius 1 is 1.38 bits per heavy atom. The molecule has 0 bridgehead atoms. The molecule has 2 N–H and O–H groups in total. The van der Waals surface area contributed by atoms with Crippen LogP contribution in [0.4, 0.5) is 0 Å². The first-order chi connectivity index (χ1) is 5.95. The van der Waals surface area contributed by atoms with Crippen molar-refractivity contribution in [2.75, 3.05) is 0 Å². The molecule has 0 aromatic carbocycles. The quantitative estimate of drug-likeness (QED) is 0.702. The van der Waals surface area contributed by atoms with E-state index in [0.29, 0.717) is 6.54 Å². The van der Waals surface area contributed by atoms with Crippen LogP contribution in [-0.2, 0) is 12.1 Å². The third-order valence-electron chi connectivity index (χ3n) is 1.93. The SMILES string of the molecule is CC(C)(C)n1cc(CN)ccc1=O. The average molecular weight is 180 g/mol. The summed E-state index contributed by atoms with van der Waals surface area (Å²) in [7, 11) is 0. The molecule has 0 unspecified atom stereocenters. The van der Waals surface area contributed by atoms with E-state index in [-0.39, 0.29) is 11.1 Å². The summed E-state index contributed by atoms with van der Waals surface area (Å²) in [5.74, 6) is 0. The first-order valence-electron chi connectivity index (χ1n) is 4.37. The van der Waals surface area contributed by atoms with Gasteiger partial charge in [-0.3, -0.25) is 4.79 Å². The molecule has 13 heavy (non-hydrogen) atoms. The highest BCUT2D eigenvalue weighted by Crippen LogP contribution is 2.10. The van der Waals surface area contributed by atoms with Gasteiger partial charge in [0.15, 0.2) is 0 Å². The van der Waals surface area contributed by atoms with Crippen LogP contribution in [0.1, 0.15) is 26.3 Å². The number of pyridine rings is 1. The maximum atomic E-state index is 11.5. The summed E-state index contributed by atoms with van der Waals surface area (Å²) in [6.45, 7) is 6.45. The second-order valence-electron chi connectivity index (χ2n) is 4.12. The molecule has 0 aliphatic rings. The molecule has 0 saturated heterocycles. The average Bonchev–Trinajstić information content (AvgIpc) is 2.03. The van der Waals surface area contributed by atoms with Gasteiger partial charge in [0.2, 0.25) is 0 Å². The molecule has 1 aromatic rings. The van der Waals surface area contributed by atoms with Crippen LogP contribution < -0.4 is 11.3 Å². The minimum Gasteiger partial charge on any atom is -0.326 e. The molecule has 0 amide bonds. The lowest BCUT2D eigenvalue weighted by Gasteiger charge is -2.22. The standard InChI is InChI=1S/C10H16N2O/c1-10(2,3)12-7-8(6-11)4-5-9(12)13/h4-5,7H,6,11H2,1-3H3. The van der Waals surface area contributed by atoms with E-state index in [1.54, 1.807) is 16.7 Å². The van der Waals surface area contributed by atoms with Crippen molar-refractivity contribution in [2.24, 2.45) is 5.73 Å². The van der Waals surface area contributed by atoms with Crippen LogP contribution >= 0.6 is 0 Å². The van der Waals surface area contributed by atoms with E-state index in [9.17, 15) is 4.79 Å². The predicted molar refractivity (Wildman–Crippen MR) is 53.6 cm³/mol. The molecule has 0 spiro atoms. The molecular weight excluding hydrogens is 164 g/mol. The van der Waals surface area contributed by atoms with Gasteiger partial charge in [0.1, 0.15) is 0 Å². The van der Waals surface area contributed by atoms with Gasteiger partial charge in [0.05, 0.1) is 0 Å². The number of aromatic nitrogens is 1. The Morgan fingerprint density at radius 3 is 2.46 bits per heavy atom. The molecule has 1 rings (SSSR count). The molecule has 0 atom stereocenters. The summed E-state index contributed by atoms with van der Waals surface area (Å²) in [4.78, 5) is 11.5. The van der Waals surface area contributed by atoms with Crippen LogP contribution in [0.3, 0.4) is 0 Å². The zero-order chi connectivity index (χ0) is 10.1. The number of hydrogen-bond acceptors (Lipinski definition) is 2. The summed E-state index contributed by atoms with van der Waals surface area (Å²) in [5, 5.41) is 0. The van der Waals surface area contributed by atoms with Gasteiger partial charge in [-0.15, -0.1) is 0 Å². The van der Waals surface area contributed by atoms with Crippen molar-refractivity contribution < 1.29 is 0 Å². The fourth-order valence-electron chi connectivity index (χ4n) is 1.18. The van der Waals surface area contributed by atoms with E-state index in [1.165, 1.54) is 0 Å². The van der Waals surface area contributed by atoms with Crippen LogP contribution in [0.5, 0.6) is 0 Å². The maximum absolute atomic E-state index is 11.5. The lowest BCUT2D eigenvalue weighted by molar-refractivity contribution is 0.382. The number of rotatable bonds is 1. The summed E-state index contributed by atoms with van der Waals surface area (Å²) >= 11 is 0. The fourth-order valence-corrected chi connectivity index (χ4v) is 1.18. The van der Waals surface area contributed by atoms with Crippen LogP contribution in [0, 0.1) is 0 Å². The first kappa shape index (κ1) is 9.99. The number of nitrogens with zero attached hydrogens (tertiary/aromatic N) is 1. The van der Waals surface area contributed by atoms with Gasteiger partial charge < -0.3 is 10.3 Å². The lowest BCUT2D eigenvalue weighted by Crippen LogP contribution is -2.33. The minimum atomic E-state index is -0.178. The topological polar surface area (TPSA) is 48.0 Å². The normalized spacial score (nSPS) is 11.7. The van der Waals surface area contributed by atoms with Crippen molar-refractivity contribution in [3.8, 4) is 0 Å². The molecule has 3 heteroatoms. The summed E-state index contributed by atoms with van der Waals surface area (Å²) in [5.41, 5.74) is 6.32. The predicted octanol–water partition coefficient (Wildman–Crippen LogP) is 1.06. The van der Waals surface area contributed by atoms with Crippen LogP contribution in [0.2, 0.25) is 0 Å². The Morgan fingerprint density at radius 2 is 2.00 bits per heavy atom. The second-order valence-corrected chi connectivity index (χ2v) is 4.12. The highest BCUT2D eigenvalue weighted by Gasteiger charge is 2.13. The second kappa shape index (κ2) is 3.34. The summed E-state index contributed by atoms with van der Waals surface area (Å²) in [6.07, 6.45) is 1.82. The lowest BCUT2D eigenvalue weighted by atomic mass is 10.1. The van der Waals surface area contributed by atoms with Crippen LogP contribution in [0.25, 0.3) is 0 Å². The Balaban J connectivity index is 3.28. The molecular formula is C10H16N2O. The van der Waals surface area contributed by atoms with Gasteiger partial charge in [-0.05, 0) is 26.3 Å². The van der Waals surface area contributed by atoms with E-state index >= 15 is 0 Å². The van der Waals surface area contributed by atoms with Gasteiger partial charge >= 0.3 is 0 Å². The molecule has 0 saturated carbocycles. The van der Waals surface area contributed by atoms with E-state index in [1.807, 2.05) is 27.0 Å². The van der Waals surface area contributed by atoms with Crippen molar-refractivity contribution in [1.82, 2.24) is 4.57 Å². The van der Waals surface area contributed by atoms with Crippen molar-refractivity contribution in [3.63, 3.8) is 0 Å². The zero-order valence-electron chi connectivity index (χ0n) is 8.37. The molecule has 0 aliphatic heterocycles. The molecule has 0 fully saturated rings. The van der Waals surface area contributed by atoms with Gasteiger partial charge in [0, 0.05) is 24.3 Å². The van der Waals surface area contributed by atoms with Crippen LogP contribution in [0.15, 0.2) is 23.1 Å². The third kappa shape index (κ3) is 2.18. The molecule has 72 valence electrons. The Labute approximate surface area is 78.2 Å². The van der Waals surface area contributed by atoms with Gasteiger partial charge in [-0.1, -0.05) is 6.07 Å². The molecule has 1 aromatic heterocycles. The largest absolute Gasteiger partial charge is 0.326 e. The highest BCUT2D eigenvalue weighted by atomic mass is 16.1. The third-order valence-corrected chi connectivity index (χ3v) is 1.93. The first-order valence-corrected chi connectivity index (χ1v) is 4.37. The Bertz CT molecular complexity index is 347. The van der Waals surface area contributed by atoms with Gasteiger partial charge in [-0.2, -0.15) is 0 Å². The molecule has 0 aliphatic carbocycles. The number of hydrogen-bond donors (Lipinski definition) is 1. The van der Waals surface area contributed by atoms with Crippen LogP contribution in [-0.4, -0.2) is 4.57 Å². The monoisotopic (exact) mass is 180 g/mol. The fraction of sp³-hybridized carbons (Fsp3) is 0.500. The molecule has 0 radical (unpaired) electrons. The summed E-state index contributed by atoms with van der Waals surface area (Å²) < 4.78 is 1.70. The highest BCUT2D eigenvalue weighted by molar-refractivity contribution is 5.10. The van der Waals surface area contributed by atoms with Gasteiger partial charge in [-0.25, -0.2) is 0 Å². The van der Waals surface area contributed by atoms with E-state index in [0.717, 1.165) is 5.56 Å². The van der Waals surface area contributed by atoms with E-state index < -0.39 is 0 Å². The summed E-state index contributed by atoms with van der Waals surface area (Å²) in [6, 6.07) is 3.33. The Hall–Kier alpha value is -1.09. The zero-order valence-corrected chi connectivity index (χ0v) is 8.37. The van der Waals surface area contributed by atoms with Crippen molar-refractivity contribution in [3.05, 3.63) is 34.2 Å². The molecule has 1 heterocycles. The maximum Gasteiger partial charge on any atom is 0.251 e. The van der Waals surface area contributed by atoms with E-state index in [4.69, 9.17) is 5.73 Å². The smallest absolute Gasteiger partial charge is 0.251 e. The number of nitrogens with two attached hydrogens (primary N) is 1. The molecule has 3 nitrogen and oxygen atoms in total. The van der Waals surface area contributed by atoms with Crippen molar-refractivity contribution in [1.29, 1.82) is 0 Å². The van der Waals surface area contributed by atoms with E-state index in [2.05, 4.69) is 0 Å². The van der Waals surface area contributed by atoms with Crippen molar-refractivity contribution in [2.45, 2.75) is 32.9 Å².